The van der Waals surface area contributed by atoms with Gasteiger partial charge in [0.15, 0.2) is 0 Å². The molecule has 2 aliphatic heterocycles. The minimum absolute atomic E-state index is 0.207. The maximum atomic E-state index is 6.26. The van der Waals surface area contributed by atoms with Crippen LogP contribution in [0.15, 0.2) is 18.3 Å². The smallest absolute Gasteiger partial charge is 0.403 e. The summed E-state index contributed by atoms with van der Waals surface area (Å²) in [4.78, 5) is 6.91. The predicted octanol–water partition coefficient (Wildman–Crippen LogP) is 3.03. The molecule has 2 aliphatic rings. The zero-order valence-electron chi connectivity index (χ0n) is 13.9. The van der Waals surface area contributed by atoms with Crippen molar-refractivity contribution in [3.05, 3.63) is 23.9 Å². The summed E-state index contributed by atoms with van der Waals surface area (Å²) in [6.07, 6.45) is 1.86. The summed E-state index contributed by atoms with van der Waals surface area (Å²) in [5.74, 6) is 1.30. The highest BCUT2D eigenvalue weighted by atomic mass is 16.7. The molecule has 0 radical (unpaired) electrons. The highest BCUT2D eigenvalue weighted by molar-refractivity contribution is 6.48. The van der Waals surface area contributed by atoms with Gasteiger partial charge in [0, 0.05) is 24.6 Å². The van der Waals surface area contributed by atoms with Crippen LogP contribution >= 0.6 is 0 Å². The van der Waals surface area contributed by atoms with Gasteiger partial charge in [-0.2, -0.15) is 0 Å². The van der Waals surface area contributed by atoms with Crippen LogP contribution in [0.3, 0.4) is 0 Å². The standard InChI is InChI=1S/C16H25BN2O2/c1-11(2)19-10-13(12-8-7-9-18-14(12)19)17-20-15(3,4)16(5,6)21-17/h7-9,11,13H,10H2,1-6H3. The van der Waals surface area contributed by atoms with E-state index in [0.717, 1.165) is 12.4 Å². The van der Waals surface area contributed by atoms with Gasteiger partial charge in [0.1, 0.15) is 5.82 Å². The lowest BCUT2D eigenvalue weighted by molar-refractivity contribution is 0.00578. The molecule has 3 rings (SSSR count). The Kier molecular flexibility index (Phi) is 3.34. The van der Waals surface area contributed by atoms with Crippen molar-refractivity contribution >= 4 is 12.9 Å². The lowest BCUT2D eigenvalue weighted by Gasteiger charge is -2.32. The van der Waals surface area contributed by atoms with Gasteiger partial charge in [-0.3, -0.25) is 0 Å². The first-order valence-corrected chi connectivity index (χ1v) is 7.80. The molecule has 114 valence electrons. The lowest BCUT2D eigenvalue weighted by Crippen LogP contribution is -2.41. The summed E-state index contributed by atoms with van der Waals surface area (Å²) in [5, 5.41) is 0. The second kappa shape index (κ2) is 4.72. The van der Waals surface area contributed by atoms with Crippen molar-refractivity contribution in [1.29, 1.82) is 0 Å². The van der Waals surface area contributed by atoms with E-state index >= 15 is 0 Å². The Hall–Kier alpha value is -1.07. The lowest BCUT2D eigenvalue weighted by atomic mass is 9.69. The van der Waals surface area contributed by atoms with E-state index in [0.29, 0.717) is 6.04 Å². The van der Waals surface area contributed by atoms with Gasteiger partial charge >= 0.3 is 7.12 Å². The summed E-state index contributed by atoms with van der Waals surface area (Å²) < 4.78 is 12.5. The Labute approximate surface area is 128 Å². The Morgan fingerprint density at radius 1 is 1.24 bits per heavy atom. The fraction of sp³-hybridized carbons (Fsp3) is 0.688. The second-order valence-electron chi connectivity index (χ2n) is 7.39. The van der Waals surface area contributed by atoms with E-state index < -0.39 is 0 Å². The van der Waals surface area contributed by atoms with E-state index in [-0.39, 0.29) is 24.1 Å². The average Bonchev–Trinajstić information content (AvgIpc) is 2.85. The normalized spacial score (nSPS) is 26.5. The van der Waals surface area contributed by atoms with Crippen LogP contribution in [0.1, 0.15) is 52.9 Å². The molecule has 1 fully saturated rings. The zero-order chi connectivity index (χ0) is 15.4. The average molecular weight is 288 g/mol. The minimum Gasteiger partial charge on any atom is -0.403 e. The molecular weight excluding hydrogens is 263 g/mol. The van der Waals surface area contributed by atoms with Gasteiger partial charge in [-0.15, -0.1) is 0 Å². The third-order valence-corrected chi connectivity index (χ3v) is 5.11. The monoisotopic (exact) mass is 288 g/mol. The van der Waals surface area contributed by atoms with E-state index in [1.54, 1.807) is 0 Å². The number of hydrogen-bond donors (Lipinski definition) is 0. The number of anilines is 1. The molecule has 0 aromatic carbocycles. The molecule has 0 spiro atoms. The van der Waals surface area contributed by atoms with Crippen LogP contribution in [-0.2, 0) is 9.31 Å². The van der Waals surface area contributed by atoms with Crippen LogP contribution in [0.5, 0.6) is 0 Å². The molecule has 21 heavy (non-hydrogen) atoms. The quantitative estimate of drug-likeness (QED) is 0.783. The molecule has 1 aromatic rings. The minimum atomic E-state index is -0.286. The zero-order valence-corrected chi connectivity index (χ0v) is 13.9. The number of nitrogens with zero attached hydrogens (tertiary/aromatic N) is 2. The van der Waals surface area contributed by atoms with Gasteiger partial charge < -0.3 is 14.2 Å². The summed E-state index contributed by atoms with van der Waals surface area (Å²) in [5.41, 5.74) is 0.668. The van der Waals surface area contributed by atoms with Crippen LogP contribution < -0.4 is 4.90 Å². The highest BCUT2D eigenvalue weighted by Crippen LogP contribution is 2.45. The predicted molar refractivity (Wildman–Crippen MR) is 85.5 cm³/mol. The number of fused-ring (bicyclic) bond motifs is 1. The van der Waals surface area contributed by atoms with E-state index in [4.69, 9.17) is 9.31 Å². The third kappa shape index (κ3) is 2.27. The molecule has 0 amide bonds. The topological polar surface area (TPSA) is 34.6 Å². The Balaban J connectivity index is 1.92. The molecule has 0 saturated carbocycles. The molecule has 1 unspecified atom stereocenters. The van der Waals surface area contributed by atoms with Crippen molar-refractivity contribution < 1.29 is 9.31 Å². The third-order valence-electron chi connectivity index (χ3n) is 5.11. The van der Waals surface area contributed by atoms with Gasteiger partial charge in [-0.25, -0.2) is 4.98 Å². The Morgan fingerprint density at radius 2 is 1.86 bits per heavy atom. The van der Waals surface area contributed by atoms with E-state index in [9.17, 15) is 0 Å². The molecular formula is C16H25BN2O2. The van der Waals surface area contributed by atoms with Crippen molar-refractivity contribution in [1.82, 2.24) is 4.98 Å². The van der Waals surface area contributed by atoms with Crippen molar-refractivity contribution in [2.45, 2.75) is 64.6 Å². The maximum absolute atomic E-state index is 6.26. The molecule has 5 heteroatoms. The molecule has 0 N–H and O–H groups in total. The largest absolute Gasteiger partial charge is 0.467 e. The summed E-state index contributed by atoms with van der Waals surface area (Å²) in [6, 6.07) is 4.58. The van der Waals surface area contributed by atoms with Gasteiger partial charge in [-0.1, -0.05) is 6.07 Å². The molecule has 3 heterocycles. The van der Waals surface area contributed by atoms with Crippen molar-refractivity contribution in [2.24, 2.45) is 0 Å². The second-order valence-corrected chi connectivity index (χ2v) is 7.39. The van der Waals surface area contributed by atoms with Crippen LogP contribution in [0.2, 0.25) is 0 Å². The van der Waals surface area contributed by atoms with Gasteiger partial charge in [-0.05, 0) is 53.2 Å². The van der Waals surface area contributed by atoms with E-state index in [1.165, 1.54) is 5.56 Å². The van der Waals surface area contributed by atoms with E-state index in [2.05, 4.69) is 57.5 Å². The Bertz CT molecular complexity index is 529. The first-order chi connectivity index (χ1) is 9.73. The van der Waals surface area contributed by atoms with Gasteiger partial charge in [0.25, 0.3) is 0 Å². The molecule has 1 saturated heterocycles. The van der Waals surface area contributed by atoms with Crippen LogP contribution in [0, 0.1) is 0 Å². The van der Waals surface area contributed by atoms with Crippen LogP contribution in [0.25, 0.3) is 0 Å². The highest BCUT2D eigenvalue weighted by Gasteiger charge is 2.55. The maximum Gasteiger partial charge on any atom is 0.467 e. The number of rotatable bonds is 2. The Morgan fingerprint density at radius 3 is 2.43 bits per heavy atom. The van der Waals surface area contributed by atoms with Crippen molar-refractivity contribution in [3.8, 4) is 0 Å². The van der Waals surface area contributed by atoms with Gasteiger partial charge in [0.05, 0.1) is 11.2 Å². The summed E-state index contributed by atoms with van der Waals surface area (Å²) in [7, 11) is -0.207. The van der Waals surface area contributed by atoms with E-state index in [1.807, 2.05) is 12.3 Å². The SMILES string of the molecule is CC(C)N1CC(B2OC(C)(C)C(C)(C)O2)c2cccnc21. The number of hydrogen-bond acceptors (Lipinski definition) is 4. The van der Waals surface area contributed by atoms with Crippen LogP contribution in [-0.4, -0.2) is 35.9 Å². The fourth-order valence-corrected chi connectivity index (χ4v) is 3.08. The molecule has 4 nitrogen and oxygen atoms in total. The van der Waals surface area contributed by atoms with Crippen LogP contribution in [0.4, 0.5) is 5.82 Å². The number of pyridine rings is 1. The number of aromatic nitrogens is 1. The first kappa shape index (κ1) is 14.9. The van der Waals surface area contributed by atoms with Crippen molar-refractivity contribution in [3.63, 3.8) is 0 Å². The summed E-state index contributed by atoms with van der Waals surface area (Å²) >= 11 is 0. The van der Waals surface area contributed by atoms with Gasteiger partial charge in [0.2, 0.25) is 0 Å². The molecule has 1 atom stereocenters. The molecule has 0 bridgehead atoms. The molecule has 0 aliphatic carbocycles. The molecule has 1 aromatic heterocycles. The summed E-state index contributed by atoms with van der Waals surface area (Å²) in [6.45, 7) is 13.7. The van der Waals surface area contributed by atoms with Crippen molar-refractivity contribution in [2.75, 3.05) is 11.4 Å². The first-order valence-electron chi connectivity index (χ1n) is 7.80. The fourth-order valence-electron chi connectivity index (χ4n) is 3.08.